The van der Waals surface area contributed by atoms with E-state index in [2.05, 4.69) is 25.6 Å². The number of rotatable bonds is 3. The first-order chi connectivity index (χ1) is 9.45. The molecule has 1 aromatic heterocycles. The van der Waals surface area contributed by atoms with Crippen LogP contribution in [0.25, 0.3) is 0 Å². The van der Waals surface area contributed by atoms with Crippen LogP contribution >= 0.6 is 15.9 Å². The molecule has 1 heterocycles. The van der Waals surface area contributed by atoms with Crippen LogP contribution in [0.15, 0.2) is 22.9 Å². The van der Waals surface area contributed by atoms with Gasteiger partial charge in [0.2, 0.25) is 10.0 Å². The zero-order valence-corrected chi connectivity index (χ0v) is 13.2. The quantitative estimate of drug-likeness (QED) is 0.897. The van der Waals surface area contributed by atoms with Crippen molar-refractivity contribution in [2.24, 2.45) is 11.8 Å². The minimum Gasteiger partial charge on any atom is -0.268 e. The molecule has 0 aromatic carbocycles. The molecule has 0 spiro atoms. The van der Waals surface area contributed by atoms with Gasteiger partial charge in [0.25, 0.3) is 5.91 Å². The zero-order valence-electron chi connectivity index (χ0n) is 10.8. The SMILES string of the molecule is O=C(NS(=O)(=O)C1C[C@@H]2CC[C@H]1C2)c1cncc(Br)c1. The Morgan fingerprint density at radius 2 is 2.10 bits per heavy atom. The van der Waals surface area contributed by atoms with Gasteiger partial charge in [-0.3, -0.25) is 9.78 Å². The average Bonchev–Trinajstić information content (AvgIpc) is 3.00. The molecule has 3 atom stereocenters. The molecule has 2 bridgehead atoms. The monoisotopic (exact) mass is 358 g/mol. The number of nitrogens with zero attached hydrogens (tertiary/aromatic N) is 1. The van der Waals surface area contributed by atoms with E-state index >= 15 is 0 Å². The number of nitrogens with one attached hydrogen (secondary N) is 1. The molecule has 0 aliphatic heterocycles. The molecule has 2 saturated carbocycles. The van der Waals surface area contributed by atoms with Gasteiger partial charge in [-0.25, -0.2) is 13.1 Å². The number of pyridine rings is 1. The van der Waals surface area contributed by atoms with Crippen molar-refractivity contribution in [1.29, 1.82) is 0 Å². The lowest BCUT2D eigenvalue weighted by Gasteiger charge is -2.21. The molecule has 2 aliphatic carbocycles. The van der Waals surface area contributed by atoms with Gasteiger partial charge < -0.3 is 0 Å². The Hall–Kier alpha value is -0.950. The van der Waals surface area contributed by atoms with Crippen molar-refractivity contribution in [2.75, 3.05) is 0 Å². The van der Waals surface area contributed by atoms with Crippen molar-refractivity contribution in [3.63, 3.8) is 0 Å². The van der Waals surface area contributed by atoms with E-state index in [-0.39, 0.29) is 11.5 Å². The Bertz CT molecular complexity index is 647. The van der Waals surface area contributed by atoms with Gasteiger partial charge in [-0.05, 0) is 53.1 Å². The summed E-state index contributed by atoms with van der Waals surface area (Å²) in [5.74, 6) is 0.122. The third kappa shape index (κ3) is 2.61. The molecule has 5 nitrogen and oxygen atoms in total. The predicted octanol–water partition coefficient (Wildman–Crippen LogP) is 2.09. The van der Waals surface area contributed by atoms with Crippen LogP contribution in [-0.4, -0.2) is 24.6 Å². The van der Waals surface area contributed by atoms with E-state index in [9.17, 15) is 13.2 Å². The first-order valence-corrected chi connectivity index (χ1v) is 8.96. The fraction of sp³-hybridized carbons (Fsp3) is 0.538. The Kier molecular flexibility index (Phi) is 3.58. The van der Waals surface area contributed by atoms with Gasteiger partial charge in [-0.1, -0.05) is 6.42 Å². The molecule has 1 aromatic rings. The van der Waals surface area contributed by atoms with Crippen LogP contribution in [0.5, 0.6) is 0 Å². The smallest absolute Gasteiger partial charge is 0.266 e. The molecule has 108 valence electrons. The number of amides is 1. The second kappa shape index (κ2) is 5.11. The second-order valence-electron chi connectivity index (χ2n) is 5.58. The molecule has 1 amide bonds. The Balaban J connectivity index is 1.75. The number of carbonyl (C=O) groups excluding carboxylic acids is 1. The van der Waals surface area contributed by atoms with E-state index in [1.54, 1.807) is 12.3 Å². The van der Waals surface area contributed by atoms with Crippen LogP contribution in [0.3, 0.4) is 0 Å². The molecule has 3 rings (SSSR count). The summed E-state index contributed by atoms with van der Waals surface area (Å²) in [5.41, 5.74) is 0.242. The minimum absolute atomic E-state index is 0.214. The van der Waals surface area contributed by atoms with Crippen LogP contribution in [-0.2, 0) is 10.0 Å². The van der Waals surface area contributed by atoms with Gasteiger partial charge in [-0.15, -0.1) is 0 Å². The van der Waals surface area contributed by atoms with Gasteiger partial charge in [0.05, 0.1) is 10.8 Å². The van der Waals surface area contributed by atoms with Crippen LogP contribution in [0.4, 0.5) is 0 Å². The summed E-state index contributed by atoms with van der Waals surface area (Å²) in [6.45, 7) is 0. The summed E-state index contributed by atoms with van der Waals surface area (Å²) in [7, 11) is -3.59. The van der Waals surface area contributed by atoms with Crippen molar-refractivity contribution in [2.45, 2.75) is 30.9 Å². The summed E-state index contributed by atoms with van der Waals surface area (Å²) in [4.78, 5) is 15.9. The number of hydrogen-bond donors (Lipinski definition) is 1. The molecule has 2 aliphatic rings. The molecule has 1 unspecified atom stereocenters. The fourth-order valence-corrected chi connectivity index (χ4v) is 5.54. The molecule has 0 radical (unpaired) electrons. The van der Waals surface area contributed by atoms with E-state index in [1.807, 2.05) is 0 Å². The van der Waals surface area contributed by atoms with Gasteiger partial charge in [0, 0.05) is 16.9 Å². The first-order valence-electron chi connectivity index (χ1n) is 6.62. The van der Waals surface area contributed by atoms with Crippen LogP contribution in [0, 0.1) is 11.8 Å². The van der Waals surface area contributed by atoms with Crippen molar-refractivity contribution in [3.8, 4) is 0 Å². The fourth-order valence-electron chi connectivity index (χ4n) is 3.37. The van der Waals surface area contributed by atoms with Crippen LogP contribution < -0.4 is 4.72 Å². The van der Waals surface area contributed by atoms with E-state index in [1.165, 1.54) is 6.20 Å². The topological polar surface area (TPSA) is 76.1 Å². The highest BCUT2D eigenvalue weighted by atomic mass is 79.9. The largest absolute Gasteiger partial charge is 0.268 e. The molecule has 2 fully saturated rings. The number of hydrogen-bond acceptors (Lipinski definition) is 4. The van der Waals surface area contributed by atoms with E-state index < -0.39 is 21.2 Å². The van der Waals surface area contributed by atoms with E-state index in [0.717, 1.165) is 19.3 Å². The van der Waals surface area contributed by atoms with Crippen LogP contribution in [0.1, 0.15) is 36.0 Å². The zero-order chi connectivity index (χ0) is 14.3. The number of sulfonamides is 1. The van der Waals surface area contributed by atoms with Gasteiger partial charge >= 0.3 is 0 Å². The lowest BCUT2D eigenvalue weighted by atomic mass is 10.0. The average molecular weight is 359 g/mol. The summed E-state index contributed by atoms with van der Waals surface area (Å²) >= 11 is 3.21. The molecule has 7 heteroatoms. The Labute approximate surface area is 126 Å². The van der Waals surface area contributed by atoms with E-state index in [4.69, 9.17) is 0 Å². The van der Waals surface area contributed by atoms with E-state index in [0.29, 0.717) is 16.8 Å². The number of fused-ring (bicyclic) bond motifs is 2. The highest BCUT2D eigenvalue weighted by molar-refractivity contribution is 9.10. The molecular formula is C13H15BrN2O3S. The summed E-state index contributed by atoms with van der Waals surface area (Å²) in [6.07, 6.45) is 6.66. The third-order valence-electron chi connectivity index (χ3n) is 4.27. The number of carbonyl (C=O) groups is 1. The van der Waals surface area contributed by atoms with Crippen molar-refractivity contribution < 1.29 is 13.2 Å². The molecular weight excluding hydrogens is 344 g/mol. The Morgan fingerprint density at radius 3 is 2.70 bits per heavy atom. The molecule has 20 heavy (non-hydrogen) atoms. The van der Waals surface area contributed by atoms with Crippen molar-refractivity contribution >= 4 is 31.9 Å². The summed E-state index contributed by atoms with van der Waals surface area (Å²) in [6, 6.07) is 1.55. The molecule has 0 saturated heterocycles. The lowest BCUT2D eigenvalue weighted by Crippen LogP contribution is -2.40. The maximum absolute atomic E-state index is 12.3. The molecule has 1 N–H and O–H groups in total. The lowest BCUT2D eigenvalue weighted by molar-refractivity contribution is 0.0980. The van der Waals surface area contributed by atoms with Gasteiger partial charge in [0.15, 0.2) is 0 Å². The Morgan fingerprint density at radius 1 is 1.30 bits per heavy atom. The second-order valence-corrected chi connectivity index (χ2v) is 8.40. The van der Waals surface area contributed by atoms with Gasteiger partial charge in [0.1, 0.15) is 0 Å². The highest BCUT2D eigenvalue weighted by Gasteiger charge is 2.46. The van der Waals surface area contributed by atoms with Gasteiger partial charge in [-0.2, -0.15) is 0 Å². The summed E-state index contributed by atoms with van der Waals surface area (Å²) in [5, 5.41) is -0.412. The maximum Gasteiger partial charge on any atom is 0.266 e. The minimum atomic E-state index is -3.59. The normalized spacial score (nSPS) is 28.6. The van der Waals surface area contributed by atoms with Crippen molar-refractivity contribution in [1.82, 2.24) is 9.71 Å². The summed E-state index contributed by atoms with van der Waals surface area (Å²) < 4.78 is 27.5. The standard InChI is InChI=1S/C13H15BrN2O3S/c14-11-5-10(6-15-7-11)13(17)16-20(18,19)12-4-8-1-2-9(12)3-8/h5-9,12H,1-4H2,(H,16,17)/t8-,9+,12?/m1/s1. The number of halogens is 1. The third-order valence-corrected chi connectivity index (χ3v) is 6.55. The predicted molar refractivity (Wildman–Crippen MR) is 77.6 cm³/mol. The highest BCUT2D eigenvalue weighted by Crippen LogP contribution is 2.47. The van der Waals surface area contributed by atoms with Crippen LogP contribution in [0.2, 0.25) is 0 Å². The van der Waals surface area contributed by atoms with Crippen molar-refractivity contribution in [3.05, 3.63) is 28.5 Å². The number of aromatic nitrogens is 1. The maximum atomic E-state index is 12.3. The first kappa shape index (κ1) is 14.0.